The van der Waals surface area contributed by atoms with Crippen molar-refractivity contribution in [2.45, 2.75) is 64.5 Å². The molecule has 4 rings (SSSR count). The van der Waals surface area contributed by atoms with Crippen LogP contribution in [0.3, 0.4) is 0 Å². The number of hydrogen-bond donors (Lipinski definition) is 1. The zero-order valence-corrected chi connectivity index (χ0v) is 24.2. The van der Waals surface area contributed by atoms with E-state index in [2.05, 4.69) is 5.32 Å². The maximum Gasteiger partial charge on any atom is 0.248 e. The van der Waals surface area contributed by atoms with Crippen molar-refractivity contribution < 1.29 is 23.8 Å². The smallest absolute Gasteiger partial charge is 0.248 e. The van der Waals surface area contributed by atoms with Crippen LogP contribution in [0.25, 0.3) is 0 Å². The van der Waals surface area contributed by atoms with E-state index < -0.39 is 6.04 Å². The predicted molar refractivity (Wildman–Crippen MR) is 155 cm³/mol. The molecule has 1 saturated carbocycles. The molecular weight excluding hydrogens is 512 g/mol. The van der Waals surface area contributed by atoms with Crippen LogP contribution in [-0.2, 0) is 16.0 Å². The summed E-state index contributed by atoms with van der Waals surface area (Å²) in [7, 11) is 4.63. The molecule has 39 heavy (non-hydrogen) atoms. The van der Waals surface area contributed by atoms with Crippen LogP contribution in [0.15, 0.2) is 47.8 Å². The average molecular weight is 551 g/mol. The van der Waals surface area contributed by atoms with Crippen molar-refractivity contribution in [3.63, 3.8) is 0 Å². The number of nitrogens with one attached hydrogen (secondary N) is 1. The van der Waals surface area contributed by atoms with Gasteiger partial charge in [0, 0.05) is 16.6 Å². The molecule has 3 aromatic rings. The Balaban J connectivity index is 1.87. The molecule has 1 heterocycles. The van der Waals surface area contributed by atoms with Crippen LogP contribution in [0.2, 0.25) is 0 Å². The zero-order valence-electron chi connectivity index (χ0n) is 23.4. The van der Waals surface area contributed by atoms with Crippen LogP contribution < -0.4 is 24.4 Å². The monoisotopic (exact) mass is 550 g/mol. The third kappa shape index (κ3) is 6.56. The molecule has 8 heteroatoms. The molecule has 0 unspecified atom stereocenters. The summed E-state index contributed by atoms with van der Waals surface area (Å²) in [5, 5.41) is 5.22. The molecule has 0 bridgehead atoms. The number of carbonyl (C=O) groups excluding carboxylic acids is 2. The Hall–Kier alpha value is -3.52. The number of aryl methyl sites for hydroxylation is 2. The lowest BCUT2D eigenvalue weighted by Gasteiger charge is -2.34. The Kier molecular flexibility index (Phi) is 9.51. The molecule has 1 N–H and O–H groups in total. The Bertz CT molecular complexity index is 1260. The van der Waals surface area contributed by atoms with E-state index in [1.807, 2.05) is 49.6 Å². The molecule has 1 atom stereocenters. The van der Waals surface area contributed by atoms with E-state index in [1.165, 1.54) is 17.8 Å². The summed E-state index contributed by atoms with van der Waals surface area (Å²) in [6, 6.07) is 12.4. The van der Waals surface area contributed by atoms with Gasteiger partial charge in [-0.15, -0.1) is 11.3 Å². The van der Waals surface area contributed by atoms with Crippen molar-refractivity contribution in [3.05, 3.63) is 69.4 Å². The number of ether oxygens (including phenoxy) is 3. The van der Waals surface area contributed by atoms with Gasteiger partial charge < -0.3 is 19.5 Å². The summed E-state index contributed by atoms with van der Waals surface area (Å²) >= 11 is 1.53. The molecule has 0 aliphatic heterocycles. The van der Waals surface area contributed by atoms with Crippen LogP contribution in [0.5, 0.6) is 17.2 Å². The number of rotatable bonds is 10. The van der Waals surface area contributed by atoms with Gasteiger partial charge in [-0.1, -0.05) is 31.4 Å². The minimum Gasteiger partial charge on any atom is -0.493 e. The first kappa shape index (κ1) is 28.5. The first-order valence-corrected chi connectivity index (χ1v) is 14.3. The lowest BCUT2D eigenvalue weighted by molar-refractivity contribution is -0.127. The number of carbonyl (C=O) groups is 2. The fraction of sp³-hybridized carbons (Fsp3) is 0.419. The molecule has 2 amide bonds. The lowest BCUT2D eigenvalue weighted by Crippen LogP contribution is -2.47. The maximum absolute atomic E-state index is 14.2. The summed E-state index contributed by atoms with van der Waals surface area (Å²) < 4.78 is 16.8. The molecule has 208 valence electrons. The number of thiophene rings is 1. The van der Waals surface area contributed by atoms with Crippen LogP contribution in [0.1, 0.15) is 59.7 Å². The van der Waals surface area contributed by atoms with Crippen molar-refractivity contribution in [3.8, 4) is 17.2 Å². The fourth-order valence-electron chi connectivity index (χ4n) is 5.16. The van der Waals surface area contributed by atoms with Gasteiger partial charge in [-0.3, -0.25) is 14.5 Å². The van der Waals surface area contributed by atoms with Crippen molar-refractivity contribution >= 4 is 28.8 Å². The highest BCUT2D eigenvalue weighted by Crippen LogP contribution is 2.42. The summed E-state index contributed by atoms with van der Waals surface area (Å²) in [4.78, 5) is 30.9. The quantitative estimate of drug-likeness (QED) is 0.327. The second kappa shape index (κ2) is 13.0. The van der Waals surface area contributed by atoms with E-state index in [9.17, 15) is 9.59 Å². The number of methoxy groups -OCH3 is 3. The van der Waals surface area contributed by atoms with Gasteiger partial charge in [0.15, 0.2) is 11.5 Å². The number of nitrogens with zero attached hydrogens (tertiary/aromatic N) is 1. The standard InChI is InChI=1S/C31H38N2O5S/c1-20-13-14-24(16-21(20)2)33(28(34)19-25-12-9-15-39-25)29(31(35)32-23-10-7-6-8-11-23)22-17-26(36-3)30(38-5)27(18-22)37-4/h9,12-18,23,29H,6-8,10-11,19H2,1-5H3,(H,32,35)/t29-/m1/s1. The van der Waals surface area contributed by atoms with Gasteiger partial charge in [0.1, 0.15) is 6.04 Å². The van der Waals surface area contributed by atoms with E-state index >= 15 is 0 Å². The second-order valence-corrected chi connectivity index (χ2v) is 11.0. The molecule has 0 spiro atoms. The number of anilines is 1. The van der Waals surface area contributed by atoms with Crippen LogP contribution in [0.4, 0.5) is 5.69 Å². The highest BCUT2D eigenvalue weighted by molar-refractivity contribution is 7.10. The van der Waals surface area contributed by atoms with Crippen molar-refractivity contribution in [2.24, 2.45) is 0 Å². The molecule has 1 aromatic heterocycles. The topological polar surface area (TPSA) is 77.1 Å². The summed E-state index contributed by atoms with van der Waals surface area (Å²) in [6.07, 6.45) is 5.38. The van der Waals surface area contributed by atoms with Gasteiger partial charge in [0.25, 0.3) is 0 Å². The number of benzene rings is 2. The molecule has 1 aliphatic carbocycles. The van der Waals surface area contributed by atoms with Crippen molar-refractivity contribution in [1.29, 1.82) is 0 Å². The predicted octanol–water partition coefficient (Wildman–Crippen LogP) is 6.16. The second-order valence-electron chi connectivity index (χ2n) is 9.99. The highest BCUT2D eigenvalue weighted by atomic mass is 32.1. The van der Waals surface area contributed by atoms with Crippen LogP contribution >= 0.6 is 11.3 Å². The van der Waals surface area contributed by atoms with E-state index in [0.29, 0.717) is 28.5 Å². The van der Waals surface area contributed by atoms with Gasteiger partial charge in [-0.05, 0) is 79.1 Å². The largest absolute Gasteiger partial charge is 0.493 e. The average Bonchev–Trinajstić information content (AvgIpc) is 3.45. The molecule has 0 saturated heterocycles. The molecular formula is C31H38N2O5S. The van der Waals surface area contributed by atoms with Crippen LogP contribution in [0, 0.1) is 13.8 Å². The van der Waals surface area contributed by atoms with Gasteiger partial charge in [0.05, 0.1) is 27.8 Å². The lowest BCUT2D eigenvalue weighted by atomic mass is 9.94. The molecule has 1 fully saturated rings. The minimum atomic E-state index is -0.949. The number of amides is 2. The SMILES string of the molecule is COc1cc([C@H](C(=O)NC2CCCCC2)N(C(=O)Cc2cccs2)c2ccc(C)c(C)c2)cc(OC)c1OC. The maximum atomic E-state index is 14.2. The molecule has 0 radical (unpaired) electrons. The highest BCUT2D eigenvalue weighted by Gasteiger charge is 2.35. The first-order valence-electron chi connectivity index (χ1n) is 13.4. The van der Waals surface area contributed by atoms with Crippen molar-refractivity contribution in [2.75, 3.05) is 26.2 Å². The normalized spacial score (nSPS) is 14.4. The summed E-state index contributed by atoms with van der Waals surface area (Å²) in [5.74, 6) is 0.881. The third-order valence-corrected chi connectivity index (χ3v) is 8.28. The van der Waals surface area contributed by atoms with Crippen molar-refractivity contribution in [1.82, 2.24) is 5.32 Å². The fourth-order valence-corrected chi connectivity index (χ4v) is 5.86. The van der Waals surface area contributed by atoms with E-state index in [-0.39, 0.29) is 24.3 Å². The molecule has 7 nitrogen and oxygen atoms in total. The third-order valence-electron chi connectivity index (χ3n) is 7.40. The Morgan fingerprint density at radius 3 is 2.21 bits per heavy atom. The van der Waals surface area contributed by atoms with E-state index in [1.54, 1.807) is 38.4 Å². The first-order chi connectivity index (χ1) is 18.9. The van der Waals surface area contributed by atoms with Gasteiger partial charge in [-0.2, -0.15) is 0 Å². The van der Waals surface area contributed by atoms with E-state index in [0.717, 1.165) is 41.7 Å². The zero-order chi connectivity index (χ0) is 27.9. The van der Waals surface area contributed by atoms with Gasteiger partial charge >= 0.3 is 0 Å². The van der Waals surface area contributed by atoms with Gasteiger partial charge in [-0.25, -0.2) is 0 Å². The van der Waals surface area contributed by atoms with E-state index in [4.69, 9.17) is 14.2 Å². The minimum absolute atomic E-state index is 0.0739. The molecule has 1 aliphatic rings. The Labute approximate surface area is 235 Å². The molecule has 2 aromatic carbocycles. The summed E-state index contributed by atoms with van der Waals surface area (Å²) in [5.41, 5.74) is 3.39. The Morgan fingerprint density at radius 2 is 1.64 bits per heavy atom. The van der Waals surface area contributed by atoms with Gasteiger partial charge in [0.2, 0.25) is 17.6 Å². The Morgan fingerprint density at radius 1 is 0.949 bits per heavy atom. The summed E-state index contributed by atoms with van der Waals surface area (Å²) in [6.45, 7) is 4.04. The number of hydrogen-bond acceptors (Lipinski definition) is 6. The van der Waals surface area contributed by atoms with Crippen LogP contribution in [-0.4, -0.2) is 39.2 Å².